The molecule has 3 rings (SSSR count). The Hall–Kier alpha value is -2.18. The van der Waals surface area contributed by atoms with Crippen LogP contribution in [0.15, 0.2) is 9.05 Å². The average Bonchev–Trinajstić information content (AvgIpc) is 3.25. The van der Waals surface area contributed by atoms with Gasteiger partial charge in [-0.2, -0.15) is 4.98 Å². The fourth-order valence-electron chi connectivity index (χ4n) is 3.79. The van der Waals surface area contributed by atoms with Gasteiger partial charge in [0.15, 0.2) is 5.82 Å². The molecule has 0 bridgehead atoms. The monoisotopic (exact) mass is 346 g/mol. The summed E-state index contributed by atoms with van der Waals surface area (Å²) in [7, 11) is 0. The van der Waals surface area contributed by atoms with Gasteiger partial charge in [-0.1, -0.05) is 23.2 Å². The molecule has 1 saturated carbocycles. The Morgan fingerprint density at radius 1 is 1.20 bits per heavy atom. The number of nitrogens with zero attached hydrogens (tertiary/aromatic N) is 3. The van der Waals surface area contributed by atoms with Gasteiger partial charge in [-0.3, -0.25) is 4.79 Å². The molecule has 1 aliphatic rings. The number of amides is 1. The van der Waals surface area contributed by atoms with Crippen LogP contribution in [0.4, 0.5) is 0 Å². The predicted molar refractivity (Wildman–Crippen MR) is 91.0 cm³/mol. The Balaban J connectivity index is 1.56. The second-order valence-corrected chi connectivity index (χ2v) is 7.40. The van der Waals surface area contributed by atoms with Crippen LogP contribution in [0.1, 0.15) is 80.6 Å². The van der Waals surface area contributed by atoms with Gasteiger partial charge in [0, 0.05) is 24.3 Å². The first-order chi connectivity index (χ1) is 11.9. The van der Waals surface area contributed by atoms with Crippen molar-refractivity contribution in [1.29, 1.82) is 0 Å². The van der Waals surface area contributed by atoms with Crippen molar-refractivity contribution in [1.82, 2.24) is 20.6 Å². The number of aromatic nitrogens is 3. The minimum atomic E-state index is -0.547. The third kappa shape index (κ3) is 3.91. The van der Waals surface area contributed by atoms with E-state index in [0.29, 0.717) is 24.7 Å². The lowest BCUT2D eigenvalue weighted by Crippen LogP contribution is -2.41. The largest absolute Gasteiger partial charge is 0.361 e. The lowest BCUT2D eigenvalue weighted by molar-refractivity contribution is -0.122. The number of hydrogen-bond donors (Lipinski definition) is 1. The van der Waals surface area contributed by atoms with Crippen molar-refractivity contribution in [3.05, 3.63) is 28.7 Å². The van der Waals surface area contributed by atoms with Gasteiger partial charge < -0.3 is 14.4 Å². The maximum atomic E-state index is 12.4. The van der Waals surface area contributed by atoms with Crippen LogP contribution in [-0.4, -0.2) is 21.2 Å². The van der Waals surface area contributed by atoms with E-state index in [1.54, 1.807) is 0 Å². The molecule has 7 nitrogen and oxygen atoms in total. The molecular formula is C18H26N4O3. The maximum absolute atomic E-state index is 12.4. The highest BCUT2D eigenvalue weighted by Crippen LogP contribution is 2.32. The zero-order chi connectivity index (χ0) is 18.0. The molecule has 0 spiro atoms. The highest BCUT2D eigenvalue weighted by Gasteiger charge is 2.29. The minimum absolute atomic E-state index is 0.0642. The number of rotatable bonds is 6. The van der Waals surface area contributed by atoms with Crippen LogP contribution in [0.2, 0.25) is 0 Å². The molecule has 1 N–H and O–H groups in total. The molecule has 0 saturated heterocycles. The van der Waals surface area contributed by atoms with Crippen molar-refractivity contribution < 1.29 is 13.8 Å². The van der Waals surface area contributed by atoms with Gasteiger partial charge >= 0.3 is 0 Å². The molecule has 0 radical (unpaired) electrons. The molecular weight excluding hydrogens is 320 g/mol. The Labute approximate surface area is 147 Å². The van der Waals surface area contributed by atoms with Gasteiger partial charge in [0.25, 0.3) is 0 Å². The number of carbonyl (C=O) groups is 1. The van der Waals surface area contributed by atoms with Gasteiger partial charge in [0.1, 0.15) is 5.76 Å². The van der Waals surface area contributed by atoms with Gasteiger partial charge in [0.2, 0.25) is 11.8 Å². The molecule has 0 unspecified atom stereocenters. The molecule has 7 heteroatoms. The second-order valence-electron chi connectivity index (χ2n) is 7.40. The van der Waals surface area contributed by atoms with E-state index in [4.69, 9.17) is 9.05 Å². The molecule has 0 atom stereocenters. The van der Waals surface area contributed by atoms with E-state index in [-0.39, 0.29) is 5.91 Å². The molecule has 2 heterocycles. The van der Waals surface area contributed by atoms with Crippen molar-refractivity contribution in [2.24, 2.45) is 0 Å². The molecule has 1 amide bonds. The van der Waals surface area contributed by atoms with E-state index in [0.717, 1.165) is 35.7 Å². The lowest BCUT2D eigenvalue weighted by atomic mass is 9.92. The summed E-state index contributed by atoms with van der Waals surface area (Å²) in [5, 5.41) is 11.1. The third-order valence-corrected chi connectivity index (χ3v) is 4.88. The summed E-state index contributed by atoms with van der Waals surface area (Å²) in [6.45, 7) is 7.62. The highest BCUT2D eigenvalue weighted by atomic mass is 16.5. The van der Waals surface area contributed by atoms with Gasteiger partial charge in [-0.25, -0.2) is 0 Å². The summed E-state index contributed by atoms with van der Waals surface area (Å²) in [5.41, 5.74) is 1.16. The fraction of sp³-hybridized carbons (Fsp3) is 0.667. The van der Waals surface area contributed by atoms with E-state index in [1.165, 1.54) is 12.8 Å². The van der Waals surface area contributed by atoms with Crippen LogP contribution in [0.3, 0.4) is 0 Å². The smallest absolute Gasteiger partial charge is 0.227 e. The standard InChI is InChI=1S/C18H26N4O3/c1-11-16(12(2)24-21-11)18(3,4)20-14(23)9-10-15-19-17(22-25-15)13-7-5-6-8-13/h13H,5-10H2,1-4H3,(H,20,23). The number of aryl methyl sites for hydroxylation is 3. The van der Waals surface area contributed by atoms with Crippen molar-refractivity contribution in [2.75, 3.05) is 0 Å². The van der Waals surface area contributed by atoms with Gasteiger partial charge in [0.05, 0.1) is 11.2 Å². The summed E-state index contributed by atoms with van der Waals surface area (Å²) in [4.78, 5) is 16.8. The molecule has 0 aromatic carbocycles. The van der Waals surface area contributed by atoms with Crippen molar-refractivity contribution in [3.8, 4) is 0 Å². The highest BCUT2D eigenvalue weighted by molar-refractivity contribution is 5.77. The topological polar surface area (TPSA) is 94.1 Å². The van der Waals surface area contributed by atoms with Crippen LogP contribution in [0.25, 0.3) is 0 Å². The molecule has 2 aromatic heterocycles. The Morgan fingerprint density at radius 2 is 1.92 bits per heavy atom. The quantitative estimate of drug-likeness (QED) is 0.862. The molecule has 2 aromatic rings. The number of carbonyl (C=O) groups excluding carboxylic acids is 1. The van der Waals surface area contributed by atoms with Gasteiger partial charge in [-0.05, 0) is 40.5 Å². The lowest BCUT2D eigenvalue weighted by Gasteiger charge is -2.26. The molecule has 1 fully saturated rings. The van der Waals surface area contributed by atoms with Crippen LogP contribution < -0.4 is 5.32 Å². The average molecular weight is 346 g/mol. The van der Waals surface area contributed by atoms with E-state index in [1.807, 2.05) is 27.7 Å². The second kappa shape index (κ2) is 6.98. The summed E-state index contributed by atoms with van der Waals surface area (Å²) >= 11 is 0. The third-order valence-electron chi connectivity index (χ3n) is 4.88. The summed E-state index contributed by atoms with van der Waals surface area (Å²) in [5.74, 6) is 2.41. The Bertz CT molecular complexity index is 722. The first kappa shape index (κ1) is 17.6. The Kier molecular flexibility index (Phi) is 4.92. The van der Waals surface area contributed by atoms with Crippen molar-refractivity contribution in [3.63, 3.8) is 0 Å². The normalized spacial score (nSPS) is 15.7. The summed E-state index contributed by atoms with van der Waals surface area (Å²) in [6.07, 6.45) is 5.47. The summed E-state index contributed by atoms with van der Waals surface area (Å²) < 4.78 is 10.5. The molecule has 25 heavy (non-hydrogen) atoms. The SMILES string of the molecule is Cc1noc(C)c1C(C)(C)NC(=O)CCc1nc(C2CCCC2)no1. The van der Waals surface area contributed by atoms with Crippen LogP contribution >= 0.6 is 0 Å². The van der Waals surface area contributed by atoms with E-state index in [2.05, 4.69) is 20.6 Å². The predicted octanol–water partition coefficient (Wildman–Crippen LogP) is 3.32. The van der Waals surface area contributed by atoms with Crippen LogP contribution in [0.5, 0.6) is 0 Å². The zero-order valence-electron chi connectivity index (χ0n) is 15.4. The van der Waals surface area contributed by atoms with Crippen LogP contribution in [-0.2, 0) is 16.8 Å². The Morgan fingerprint density at radius 3 is 2.56 bits per heavy atom. The van der Waals surface area contributed by atoms with E-state index >= 15 is 0 Å². The van der Waals surface area contributed by atoms with Crippen molar-refractivity contribution in [2.45, 2.75) is 77.7 Å². The number of hydrogen-bond acceptors (Lipinski definition) is 6. The molecule has 0 aliphatic heterocycles. The van der Waals surface area contributed by atoms with Crippen LogP contribution in [0, 0.1) is 13.8 Å². The maximum Gasteiger partial charge on any atom is 0.227 e. The number of nitrogens with one attached hydrogen (secondary N) is 1. The molecule has 136 valence electrons. The van der Waals surface area contributed by atoms with Crippen molar-refractivity contribution >= 4 is 5.91 Å². The van der Waals surface area contributed by atoms with E-state index < -0.39 is 5.54 Å². The van der Waals surface area contributed by atoms with Gasteiger partial charge in [-0.15, -0.1) is 0 Å². The zero-order valence-corrected chi connectivity index (χ0v) is 15.4. The molecule has 1 aliphatic carbocycles. The summed E-state index contributed by atoms with van der Waals surface area (Å²) in [6, 6.07) is 0. The first-order valence-corrected chi connectivity index (χ1v) is 8.93. The first-order valence-electron chi connectivity index (χ1n) is 8.93. The minimum Gasteiger partial charge on any atom is -0.361 e. The fourth-order valence-corrected chi connectivity index (χ4v) is 3.79. The van der Waals surface area contributed by atoms with E-state index in [9.17, 15) is 4.79 Å².